The summed E-state index contributed by atoms with van der Waals surface area (Å²) < 4.78 is 0. The lowest BCUT2D eigenvalue weighted by atomic mass is 9.93. The van der Waals surface area contributed by atoms with E-state index in [-0.39, 0.29) is 11.3 Å². The van der Waals surface area contributed by atoms with E-state index in [1.807, 2.05) is 11.8 Å². The third kappa shape index (κ3) is 3.18. The zero-order valence-electron chi connectivity index (χ0n) is 10.4. The van der Waals surface area contributed by atoms with Gasteiger partial charge in [0.25, 0.3) is 5.91 Å². The first-order valence-corrected chi connectivity index (χ1v) is 7.08. The summed E-state index contributed by atoms with van der Waals surface area (Å²) in [6, 6.07) is 7.06. The van der Waals surface area contributed by atoms with Gasteiger partial charge in [0.1, 0.15) is 0 Å². The largest absolute Gasteiger partial charge is 0.339 e. The van der Waals surface area contributed by atoms with Crippen LogP contribution in [0.5, 0.6) is 0 Å². The maximum atomic E-state index is 12.2. The molecule has 1 heterocycles. The molecule has 0 spiro atoms. The monoisotopic (exact) mass is 285 g/mol. The summed E-state index contributed by atoms with van der Waals surface area (Å²) in [5.41, 5.74) is 0.705. The van der Waals surface area contributed by atoms with Gasteiger partial charge in [0.2, 0.25) is 0 Å². The number of carbonyl (C=O) groups is 1. The van der Waals surface area contributed by atoms with Crippen molar-refractivity contribution in [3.63, 3.8) is 0 Å². The van der Waals surface area contributed by atoms with Crippen molar-refractivity contribution < 1.29 is 4.79 Å². The number of benzene rings is 1. The molecule has 1 aliphatic rings. The molecule has 0 radical (unpaired) electrons. The molecule has 1 atom stereocenters. The normalized spacial score (nSPS) is 18.7. The van der Waals surface area contributed by atoms with Gasteiger partial charge in [-0.25, -0.2) is 0 Å². The number of likely N-dealkylation sites (tertiary alicyclic amines) is 1. The maximum Gasteiger partial charge on any atom is 0.253 e. The highest BCUT2D eigenvalue weighted by Crippen LogP contribution is 2.25. The fourth-order valence-electron chi connectivity index (χ4n) is 2.34. The van der Waals surface area contributed by atoms with Crippen LogP contribution < -0.4 is 0 Å². The van der Waals surface area contributed by atoms with E-state index < -0.39 is 0 Å². The van der Waals surface area contributed by atoms with Gasteiger partial charge in [0, 0.05) is 29.1 Å². The highest BCUT2D eigenvalue weighted by atomic mass is 35.5. The summed E-state index contributed by atoms with van der Waals surface area (Å²) in [4.78, 5) is 14.1. The number of amides is 1. The number of halogens is 2. The summed E-state index contributed by atoms with van der Waals surface area (Å²) in [6.45, 7) is 3.62. The molecule has 0 aromatic heterocycles. The first-order chi connectivity index (χ1) is 8.58. The summed E-state index contributed by atoms with van der Waals surface area (Å²) in [7, 11) is 0. The van der Waals surface area contributed by atoms with E-state index in [2.05, 4.69) is 0 Å². The standard InChI is InChI=1S/C14H17Cl2NO/c1-10(15)11-6-8-17(9-7-11)14(18)12-2-4-13(16)5-3-12/h2-5,10-11H,6-9H2,1H3. The Kier molecular flexibility index (Phi) is 4.52. The van der Waals surface area contributed by atoms with Gasteiger partial charge in [-0.15, -0.1) is 11.6 Å². The molecule has 1 fully saturated rings. The average Bonchev–Trinajstić information content (AvgIpc) is 2.39. The lowest BCUT2D eigenvalue weighted by Gasteiger charge is -2.33. The number of nitrogens with zero attached hydrogens (tertiary/aromatic N) is 1. The number of carbonyl (C=O) groups excluding carboxylic acids is 1. The van der Waals surface area contributed by atoms with Crippen molar-refractivity contribution in [3.8, 4) is 0 Å². The molecule has 1 saturated heterocycles. The molecule has 1 unspecified atom stereocenters. The van der Waals surface area contributed by atoms with Crippen LogP contribution in [-0.4, -0.2) is 29.3 Å². The van der Waals surface area contributed by atoms with Gasteiger partial charge < -0.3 is 4.90 Å². The van der Waals surface area contributed by atoms with Crippen molar-refractivity contribution in [3.05, 3.63) is 34.9 Å². The molecule has 1 aliphatic heterocycles. The van der Waals surface area contributed by atoms with Crippen LogP contribution in [0.2, 0.25) is 5.02 Å². The van der Waals surface area contributed by atoms with Gasteiger partial charge in [0.05, 0.1) is 0 Å². The summed E-state index contributed by atoms with van der Waals surface area (Å²) >= 11 is 11.9. The molecule has 0 aliphatic carbocycles. The molecule has 1 amide bonds. The molecule has 98 valence electrons. The van der Waals surface area contributed by atoms with Gasteiger partial charge >= 0.3 is 0 Å². The molecule has 0 bridgehead atoms. The molecule has 2 rings (SSSR count). The Bertz CT molecular complexity index is 408. The third-order valence-electron chi connectivity index (χ3n) is 3.57. The second-order valence-corrected chi connectivity index (χ2v) is 5.94. The number of alkyl halides is 1. The summed E-state index contributed by atoms with van der Waals surface area (Å²) in [6.07, 6.45) is 1.98. The molecule has 18 heavy (non-hydrogen) atoms. The number of rotatable bonds is 2. The van der Waals surface area contributed by atoms with E-state index in [0.717, 1.165) is 25.9 Å². The average molecular weight is 286 g/mol. The van der Waals surface area contributed by atoms with Crippen LogP contribution in [0.15, 0.2) is 24.3 Å². The third-order valence-corrected chi connectivity index (χ3v) is 4.18. The van der Waals surface area contributed by atoms with Gasteiger partial charge in [-0.2, -0.15) is 0 Å². The van der Waals surface area contributed by atoms with Crippen LogP contribution in [0.1, 0.15) is 30.1 Å². The van der Waals surface area contributed by atoms with E-state index in [1.54, 1.807) is 24.3 Å². The van der Waals surface area contributed by atoms with Crippen LogP contribution in [-0.2, 0) is 0 Å². The summed E-state index contributed by atoms with van der Waals surface area (Å²) in [5, 5.41) is 0.846. The predicted molar refractivity (Wildman–Crippen MR) is 75.4 cm³/mol. The Morgan fingerprint density at radius 3 is 2.33 bits per heavy atom. The number of hydrogen-bond donors (Lipinski definition) is 0. The Balaban J connectivity index is 1.97. The van der Waals surface area contributed by atoms with Crippen molar-refractivity contribution in [2.75, 3.05) is 13.1 Å². The summed E-state index contributed by atoms with van der Waals surface area (Å²) in [5.74, 6) is 0.619. The minimum absolute atomic E-state index is 0.0901. The molecule has 4 heteroatoms. The van der Waals surface area contributed by atoms with Gasteiger partial charge in [-0.05, 0) is 49.9 Å². The van der Waals surface area contributed by atoms with Crippen LogP contribution >= 0.6 is 23.2 Å². The molecule has 1 aromatic carbocycles. The fraction of sp³-hybridized carbons (Fsp3) is 0.500. The number of hydrogen-bond acceptors (Lipinski definition) is 1. The highest BCUT2D eigenvalue weighted by Gasteiger charge is 2.25. The smallest absolute Gasteiger partial charge is 0.253 e. The Hall–Kier alpha value is -0.730. The van der Waals surface area contributed by atoms with Crippen LogP contribution in [0.4, 0.5) is 0 Å². The topological polar surface area (TPSA) is 20.3 Å². The molecule has 0 N–H and O–H groups in total. The zero-order valence-corrected chi connectivity index (χ0v) is 11.9. The van der Waals surface area contributed by atoms with Gasteiger partial charge in [-0.3, -0.25) is 4.79 Å². The minimum atomic E-state index is 0.0901. The van der Waals surface area contributed by atoms with E-state index in [0.29, 0.717) is 16.5 Å². The van der Waals surface area contributed by atoms with Gasteiger partial charge in [0.15, 0.2) is 0 Å². The van der Waals surface area contributed by atoms with Crippen LogP contribution in [0, 0.1) is 5.92 Å². The van der Waals surface area contributed by atoms with E-state index in [9.17, 15) is 4.79 Å². The van der Waals surface area contributed by atoms with Crippen molar-refractivity contribution in [1.29, 1.82) is 0 Å². The van der Waals surface area contributed by atoms with Crippen LogP contribution in [0.3, 0.4) is 0 Å². The maximum absolute atomic E-state index is 12.2. The predicted octanol–water partition coefficient (Wildman–Crippen LogP) is 3.82. The Labute approximate surface area is 118 Å². The van der Waals surface area contributed by atoms with Crippen LogP contribution in [0.25, 0.3) is 0 Å². The minimum Gasteiger partial charge on any atom is -0.339 e. The SMILES string of the molecule is CC(Cl)C1CCN(C(=O)c2ccc(Cl)cc2)CC1. The lowest BCUT2D eigenvalue weighted by Crippen LogP contribution is -2.40. The lowest BCUT2D eigenvalue weighted by molar-refractivity contribution is 0.0690. The van der Waals surface area contributed by atoms with E-state index in [4.69, 9.17) is 23.2 Å². The van der Waals surface area contributed by atoms with Crippen molar-refractivity contribution in [2.45, 2.75) is 25.1 Å². The van der Waals surface area contributed by atoms with Crippen molar-refractivity contribution in [2.24, 2.45) is 5.92 Å². The molecular weight excluding hydrogens is 269 g/mol. The number of piperidine rings is 1. The quantitative estimate of drug-likeness (QED) is 0.757. The first-order valence-electron chi connectivity index (χ1n) is 6.27. The van der Waals surface area contributed by atoms with Gasteiger partial charge in [-0.1, -0.05) is 11.6 Å². The Morgan fingerprint density at radius 2 is 1.83 bits per heavy atom. The molecular formula is C14H17Cl2NO. The molecule has 1 aromatic rings. The second-order valence-electron chi connectivity index (χ2n) is 4.81. The fourth-order valence-corrected chi connectivity index (χ4v) is 2.71. The Morgan fingerprint density at radius 1 is 1.28 bits per heavy atom. The zero-order chi connectivity index (χ0) is 13.1. The molecule has 0 saturated carbocycles. The molecule has 2 nitrogen and oxygen atoms in total. The first kappa shape index (κ1) is 13.7. The van der Waals surface area contributed by atoms with E-state index in [1.165, 1.54) is 0 Å². The van der Waals surface area contributed by atoms with Crippen molar-refractivity contribution in [1.82, 2.24) is 4.90 Å². The van der Waals surface area contributed by atoms with Crippen molar-refractivity contribution >= 4 is 29.1 Å². The highest BCUT2D eigenvalue weighted by molar-refractivity contribution is 6.30. The second kappa shape index (κ2) is 5.94. The van der Waals surface area contributed by atoms with E-state index >= 15 is 0 Å².